The SMILES string of the molecule is COC(=O)CCC(O)c1ccc2c(c1)CC(=O)N2C. The van der Waals surface area contributed by atoms with Gasteiger partial charge in [-0.25, -0.2) is 0 Å². The molecule has 1 atom stereocenters. The summed E-state index contributed by atoms with van der Waals surface area (Å²) < 4.78 is 4.54. The van der Waals surface area contributed by atoms with Gasteiger partial charge in [0.1, 0.15) is 0 Å². The maximum Gasteiger partial charge on any atom is 0.305 e. The zero-order chi connectivity index (χ0) is 14.0. The number of benzene rings is 1. The van der Waals surface area contributed by atoms with Crippen LogP contribution in [0.15, 0.2) is 18.2 Å². The first-order chi connectivity index (χ1) is 9.02. The number of aliphatic hydroxyl groups is 1. The Morgan fingerprint density at radius 2 is 2.26 bits per heavy atom. The number of ether oxygens (including phenoxy) is 1. The monoisotopic (exact) mass is 263 g/mol. The fourth-order valence-electron chi connectivity index (χ4n) is 2.22. The smallest absolute Gasteiger partial charge is 0.305 e. The topological polar surface area (TPSA) is 66.8 Å². The Kier molecular flexibility index (Phi) is 3.85. The van der Waals surface area contributed by atoms with Gasteiger partial charge in [-0.2, -0.15) is 0 Å². The lowest BCUT2D eigenvalue weighted by atomic mass is 10.0. The van der Waals surface area contributed by atoms with Crippen molar-refractivity contribution >= 4 is 17.6 Å². The molecule has 0 fully saturated rings. The Morgan fingerprint density at radius 1 is 1.53 bits per heavy atom. The van der Waals surface area contributed by atoms with Crippen LogP contribution >= 0.6 is 0 Å². The second-order valence-corrected chi connectivity index (χ2v) is 4.65. The molecule has 1 aliphatic rings. The lowest BCUT2D eigenvalue weighted by Gasteiger charge is -2.13. The van der Waals surface area contributed by atoms with Crippen molar-refractivity contribution < 1.29 is 19.4 Å². The number of anilines is 1. The van der Waals surface area contributed by atoms with Gasteiger partial charge < -0.3 is 14.7 Å². The van der Waals surface area contributed by atoms with E-state index in [1.54, 1.807) is 18.0 Å². The molecule has 2 rings (SSSR count). The third kappa shape index (κ3) is 2.76. The molecule has 0 bridgehead atoms. The third-order valence-corrected chi connectivity index (χ3v) is 3.42. The highest BCUT2D eigenvalue weighted by atomic mass is 16.5. The van der Waals surface area contributed by atoms with Crippen molar-refractivity contribution in [3.05, 3.63) is 29.3 Å². The molecule has 19 heavy (non-hydrogen) atoms. The molecule has 0 saturated carbocycles. The molecule has 5 nitrogen and oxygen atoms in total. The van der Waals surface area contributed by atoms with Crippen molar-refractivity contribution in [1.29, 1.82) is 0 Å². The molecule has 1 heterocycles. The Morgan fingerprint density at radius 3 is 2.95 bits per heavy atom. The number of carbonyl (C=O) groups is 2. The first-order valence-corrected chi connectivity index (χ1v) is 6.17. The minimum atomic E-state index is -0.717. The summed E-state index contributed by atoms with van der Waals surface area (Å²) in [6.07, 6.45) is 0.136. The number of hydrogen-bond donors (Lipinski definition) is 1. The summed E-state index contributed by atoms with van der Waals surface area (Å²) in [5.74, 6) is -0.286. The van der Waals surface area contributed by atoms with Crippen LogP contribution < -0.4 is 4.90 Å². The number of methoxy groups -OCH3 is 1. The number of fused-ring (bicyclic) bond motifs is 1. The van der Waals surface area contributed by atoms with Crippen molar-refractivity contribution in [2.75, 3.05) is 19.1 Å². The van der Waals surface area contributed by atoms with Crippen LogP contribution in [0.2, 0.25) is 0 Å². The summed E-state index contributed by atoms with van der Waals surface area (Å²) in [4.78, 5) is 24.2. The van der Waals surface area contributed by atoms with E-state index in [1.807, 2.05) is 12.1 Å². The highest BCUT2D eigenvalue weighted by Crippen LogP contribution is 2.31. The maximum atomic E-state index is 11.6. The Balaban J connectivity index is 2.08. The van der Waals surface area contributed by atoms with Gasteiger partial charge in [0.2, 0.25) is 5.91 Å². The summed E-state index contributed by atoms with van der Waals surface area (Å²) in [5, 5.41) is 10.0. The molecule has 1 amide bonds. The van der Waals surface area contributed by atoms with Crippen LogP contribution in [0.5, 0.6) is 0 Å². The lowest BCUT2D eigenvalue weighted by molar-refractivity contribution is -0.141. The van der Waals surface area contributed by atoms with Gasteiger partial charge in [-0.15, -0.1) is 0 Å². The number of hydrogen-bond acceptors (Lipinski definition) is 4. The standard InChI is InChI=1S/C14H17NO4/c1-15-11-4-3-9(7-10(11)8-13(15)17)12(16)5-6-14(18)19-2/h3-4,7,12,16H,5-6,8H2,1-2H3. The molecule has 0 aromatic heterocycles. The molecule has 1 aliphatic heterocycles. The second kappa shape index (κ2) is 5.40. The largest absolute Gasteiger partial charge is 0.469 e. The van der Waals surface area contributed by atoms with Crippen LogP contribution in [0.4, 0.5) is 5.69 Å². The quantitative estimate of drug-likeness (QED) is 0.829. The van der Waals surface area contributed by atoms with E-state index in [0.717, 1.165) is 16.8 Å². The fraction of sp³-hybridized carbons (Fsp3) is 0.429. The zero-order valence-corrected chi connectivity index (χ0v) is 11.0. The van der Waals surface area contributed by atoms with E-state index >= 15 is 0 Å². The van der Waals surface area contributed by atoms with Crippen molar-refractivity contribution in [2.45, 2.75) is 25.4 Å². The van der Waals surface area contributed by atoms with Gasteiger partial charge in [-0.3, -0.25) is 9.59 Å². The van der Waals surface area contributed by atoms with Crippen LogP contribution in [-0.4, -0.2) is 31.1 Å². The van der Waals surface area contributed by atoms with Gasteiger partial charge in [0.25, 0.3) is 0 Å². The molecule has 0 radical (unpaired) electrons. The van der Waals surface area contributed by atoms with Crippen molar-refractivity contribution in [3.63, 3.8) is 0 Å². The average molecular weight is 263 g/mol. The number of aliphatic hydroxyl groups excluding tert-OH is 1. The summed E-state index contributed by atoms with van der Waals surface area (Å²) >= 11 is 0. The molecule has 102 valence electrons. The van der Waals surface area contributed by atoms with E-state index in [4.69, 9.17) is 0 Å². The third-order valence-electron chi connectivity index (χ3n) is 3.42. The Hall–Kier alpha value is -1.88. The first kappa shape index (κ1) is 13.5. The highest BCUT2D eigenvalue weighted by Gasteiger charge is 2.24. The summed E-state index contributed by atoms with van der Waals surface area (Å²) in [6, 6.07) is 5.45. The number of amides is 1. The number of carbonyl (C=O) groups excluding carboxylic acids is 2. The van der Waals surface area contributed by atoms with E-state index in [1.165, 1.54) is 7.11 Å². The van der Waals surface area contributed by atoms with Crippen LogP contribution in [0.3, 0.4) is 0 Å². The van der Waals surface area contributed by atoms with E-state index in [2.05, 4.69) is 4.74 Å². The van der Waals surface area contributed by atoms with Crippen LogP contribution in [0.25, 0.3) is 0 Å². The van der Waals surface area contributed by atoms with Crippen LogP contribution in [0, 0.1) is 0 Å². The van der Waals surface area contributed by atoms with Crippen LogP contribution in [0.1, 0.15) is 30.1 Å². The van der Waals surface area contributed by atoms with Gasteiger partial charge in [-0.1, -0.05) is 12.1 Å². The number of rotatable bonds is 4. The fourth-order valence-corrected chi connectivity index (χ4v) is 2.22. The first-order valence-electron chi connectivity index (χ1n) is 6.17. The van der Waals surface area contributed by atoms with Crippen molar-refractivity contribution in [1.82, 2.24) is 0 Å². The van der Waals surface area contributed by atoms with Gasteiger partial charge in [-0.05, 0) is 23.6 Å². The number of esters is 1. The van der Waals surface area contributed by atoms with Gasteiger partial charge >= 0.3 is 5.97 Å². The average Bonchev–Trinajstić information content (AvgIpc) is 2.70. The minimum Gasteiger partial charge on any atom is -0.469 e. The molecule has 1 aromatic rings. The summed E-state index contributed by atoms with van der Waals surface area (Å²) in [6.45, 7) is 0. The van der Waals surface area contributed by atoms with Crippen LogP contribution in [-0.2, 0) is 20.7 Å². The summed E-state index contributed by atoms with van der Waals surface area (Å²) in [7, 11) is 3.06. The van der Waals surface area contributed by atoms with Crippen molar-refractivity contribution in [3.8, 4) is 0 Å². The molecule has 1 unspecified atom stereocenters. The maximum absolute atomic E-state index is 11.6. The van der Waals surface area contributed by atoms with Gasteiger partial charge in [0.15, 0.2) is 0 Å². The molecular formula is C14H17NO4. The normalized spacial score (nSPS) is 15.3. The molecule has 1 aromatic carbocycles. The number of nitrogens with zero attached hydrogens (tertiary/aromatic N) is 1. The molecule has 0 spiro atoms. The Bertz CT molecular complexity index is 512. The predicted molar refractivity (Wildman–Crippen MR) is 69.8 cm³/mol. The lowest BCUT2D eigenvalue weighted by Crippen LogP contribution is -2.20. The Labute approximate surface area is 111 Å². The van der Waals surface area contributed by atoms with Crippen molar-refractivity contribution in [2.24, 2.45) is 0 Å². The molecule has 0 saturated heterocycles. The molecular weight excluding hydrogens is 246 g/mol. The minimum absolute atomic E-state index is 0.0520. The van der Waals surface area contributed by atoms with E-state index in [9.17, 15) is 14.7 Å². The highest BCUT2D eigenvalue weighted by molar-refractivity contribution is 6.00. The van der Waals surface area contributed by atoms with E-state index in [0.29, 0.717) is 12.8 Å². The summed E-state index contributed by atoms with van der Waals surface area (Å²) in [5.41, 5.74) is 2.53. The van der Waals surface area contributed by atoms with Gasteiger partial charge in [0.05, 0.1) is 19.6 Å². The van der Waals surface area contributed by atoms with Gasteiger partial charge in [0, 0.05) is 19.2 Å². The molecule has 5 heteroatoms. The van der Waals surface area contributed by atoms with E-state index < -0.39 is 6.10 Å². The predicted octanol–water partition coefficient (Wildman–Crippen LogP) is 1.19. The zero-order valence-electron chi connectivity index (χ0n) is 11.0. The number of likely N-dealkylation sites (N-methyl/N-ethyl adjacent to an activating group) is 1. The van der Waals surface area contributed by atoms with E-state index in [-0.39, 0.29) is 18.3 Å². The molecule has 0 aliphatic carbocycles. The molecule has 1 N–H and O–H groups in total. The second-order valence-electron chi connectivity index (χ2n) is 4.65.